The average Bonchev–Trinajstić information content (AvgIpc) is 2.39. The Hall–Kier alpha value is -0.710. The van der Waals surface area contributed by atoms with E-state index < -0.39 is 31.7 Å². The molecule has 0 aliphatic carbocycles. The van der Waals surface area contributed by atoms with Gasteiger partial charge in [0.25, 0.3) is 0 Å². The molecule has 1 amide bonds. The van der Waals surface area contributed by atoms with Crippen LogP contribution in [0.5, 0.6) is 0 Å². The molecular weight excluding hydrogens is 270 g/mol. The molecule has 0 spiro atoms. The zero-order valence-corrected chi connectivity index (χ0v) is 11.0. The second-order valence-corrected chi connectivity index (χ2v) is 7.41. The van der Waals surface area contributed by atoms with Crippen LogP contribution in [0.25, 0.3) is 0 Å². The highest BCUT2D eigenvalue weighted by molar-refractivity contribution is 7.90. The van der Waals surface area contributed by atoms with Crippen molar-refractivity contribution in [2.24, 2.45) is 0 Å². The van der Waals surface area contributed by atoms with Gasteiger partial charge < -0.3 is 4.90 Å². The van der Waals surface area contributed by atoms with Crippen molar-refractivity contribution in [3.05, 3.63) is 0 Å². The van der Waals surface area contributed by atoms with Crippen LogP contribution >= 0.6 is 0 Å². The molecule has 0 aromatic rings. The Morgan fingerprint density at radius 1 is 1.41 bits per heavy atom. The molecule has 0 saturated carbocycles. The molecule has 10 heteroatoms. The van der Waals surface area contributed by atoms with Crippen LogP contribution in [0.4, 0.5) is 0 Å². The number of carbonyl (C=O) groups excluding carboxylic acids is 1. The van der Waals surface area contributed by atoms with E-state index in [1.807, 2.05) is 4.72 Å². The van der Waals surface area contributed by atoms with Crippen molar-refractivity contribution in [2.45, 2.75) is 0 Å². The predicted molar refractivity (Wildman–Crippen MR) is 61.2 cm³/mol. The van der Waals surface area contributed by atoms with Gasteiger partial charge in [-0.2, -0.15) is 0 Å². The molecular formula is C7H15N3O5S2. The zero-order valence-electron chi connectivity index (χ0n) is 9.34. The molecule has 8 nitrogen and oxygen atoms in total. The minimum absolute atomic E-state index is 0.00734. The summed E-state index contributed by atoms with van der Waals surface area (Å²) in [4.78, 5) is 12.8. The lowest BCUT2D eigenvalue weighted by Gasteiger charge is -2.18. The summed E-state index contributed by atoms with van der Waals surface area (Å²) in [5.74, 6) is -1.47. The quantitative estimate of drug-likeness (QED) is 0.586. The SMILES string of the molecule is CNS(=O)(=O)CC(=O)N1CCNS(=O)(=O)CC1. The summed E-state index contributed by atoms with van der Waals surface area (Å²) < 4.78 is 49.1. The lowest BCUT2D eigenvalue weighted by Crippen LogP contribution is -2.40. The monoisotopic (exact) mass is 285 g/mol. The first-order chi connectivity index (χ1) is 7.76. The van der Waals surface area contributed by atoms with E-state index in [4.69, 9.17) is 0 Å². The van der Waals surface area contributed by atoms with Crippen molar-refractivity contribution < 1.29 is 21.6 Å². The van der Waals surface area contributed by atoms with Gasteiger partial charge in [-0.05, 0) is 7.05 Å². The Morgan fingerprint density at radius 3 is 2.65 bits per heavy atom. The van der Waals surface area contributed by atoms with Gasteiger partial charge in [-0.1, -0.05) is 0 Å². The van der Waals surface area contributed by atoms with Crippen LogP contribution < -0.4 is 9.44 Å². The van der Waals surface area contributed by atoms with E-state index in [1.54, 1.807) is 0 Å². The number of nitrogens with one attached hydrogen (secondary N) is 2. The number of hydrogen-bond donors (Lipinski definition) is 2. The molecule has 0 unspecified atom stereocenters. The van der Waals surface area contributed by atoms with Gasteiger partial charge in [0.15, 0.2) is 0 Å². The number of hydrogen-bond acceptors (Lipinski definition) is 5. The van der Waals surface area contributed by atoms with Gasteiger partial charge in [0.05, 0.1) is 5.75 Å². The molecule has 1 heterocycles. The normalized spacial score (nSPS) is 20.9. The van der Waals surface area contributed by atoms with E-state index in [0.717, 1.165) is 0 Å². The third kappa shape index (κ3) is 4.58. The highest BCUT2D eigenvalue weighted by Crippen LogP contribution is 1.99. The van der Waals surface area contributed by atoms with Crippen molar-refractivity contribution in [1.82, 2.24) is 14.3 Å². The van der Waals surface area contributed by atoms with E-state index in [0.29, 0.717) is 0 Å². The largest absolute Gasteiger partial charge is 0.339 e. The van der Waals surface area contributed by atoms with Gasteiger partial charge in [0.2, 0.25) is 26.0 Å². The van der Waals surface area contributed by atoms with Gasteiger partial charge in [-0.3, -0.25) is 4.79 Å². The van der Waals surface area contributed by atoms with Crippen molar-refractivity contribution in [2.75, 3.05) is 38.2 Å². The molecule has 1 saturated heterocycles. The van der Waals surface area contributed by atoms with E-state index >= 15 is 0 Å². The van der Waals surface area contributed by atoms with Gasteiger partial charge in [0, 0.05) is 19.6 Å². The Labute approximate surface area is 100 Å². The standard InChI is InChI=1S/C7H15N3O5S2/c1-8-17(14,15)6-7(11)10-3-2-9-16(12,13)5-4-10/h8-9H,2-6H2,1H3. The van der Waals surface area contributed by atoms with Gasteiger partial charge in [-0.15, -0.1) is 0 Å². The Kier molecular flexibility index (Phi) is 4.47. The molecule has 1 rings (SSSR count). The number of amides is 1. The van der Waals surface area contributed by atoms with Crippen LogP contribution in [0.15, 0.2) is 0 Å². The average molecular weight is 285 g/mol. The highest BCUT2D eigenvalue weighted by Gasteiger charge is 2.24. The van der Waals surface area contributed by atoms with Crippen LogP contribution in [0, 0.1) is 0 Å². The third-order valence-electron chi connectivity index (χ3n) is 2.31. The molecule has 0 atom stereocenters. The number of sulfonamides is 2. The lowest BCUT2D eigenvalue weighted by atomic mass is 10.4. The molecule has 0 bridgehead atoms. The molecule has 2 N–H and O–H groups in total. The second-order valence-electron chi connectivity index (χ2n) is 3.56. The maximum Gasteiger partial charge on any atom is 0.239 e. The van der Waals surface area contributed by atoms with Gasteiger partial charge in [-0.25, -0.2) is 26.3 Å². The molecule has 0 aromatic carbocycles. The fourth-order valence-corrected chi connectivity index (χ4v) is 2.99. The number of rotatable bonds is 3. The summed E-state index contributed by atoms with van der Waals surface area (Å²) in [5.41, 5.74) is 0. The molecule has 1 aliphatic heterocycles. The first-order valence-electron chi connectivity index (χ1n) is 4.92. The molecule has 0 radical (unpaired) electrons. The third-order valence-corrected chi connectivity index (χ3v) is 4.92. The van der Waals surface area contributed by atoms with Gasteiger partial charge >= 0.3 is 0 Å². The predicted octanol–water partition coefficient (Wildman–Crippen LogP) is -2.70. The van der Waals surface area contributed by atoms with Crippen LogP contribution in [-0.2, 0) is 24.8 Å². The molecule has 1 fully saturated rings. The van der Waals surface area contributed by atoms with E-state index in [1.165, 1.54) is 11.9 Å². The van der Waals surface area contributed by atoms with Crippen LogP contribution in [0.3, 0.4) is 0 Å². The first-order valence-corrected chi connectivity index (χ1v) is 8.22. The topological polar surface area (TPSA) is 113 Å². The molecule has 1 aliphatic rings. The summed E-state index contributed by atoms with van der Waals surface area (Å²) >= 11 is 0. The summed E-state index contributed by atoms with van der Waals surface area (Å²) in [5, 5.41) is 0. The van der Waals surface area contributed by atoms with Crippen LogP contribution in [0.2, 0.25) is 0 Å². The Morgan fingerprint density at radius 2 is 2.06 bits per heavy atom. The lowest BCUT2D eigenvalue weighted by molar-refractivity contribution is -0.128. The van der Waals surface area contributed by atoms with E-state index in [9.17, 15) is 21.6 Å². The molecule has 0 aromatic heterocycles. The number of carbonyl (C=O) groups is 1. The summed E-state index contributed by atoms with van der Waals surface area (Å²) in [7, 11) is -5.74. The van der Waals surface area contributed by atoms with Crippen molar-refractivity contribution in [3.8, 4) is 0 Å². The first kappa shape index (κ1) is 14.4. The minimum Gasteiger partial charge on any atom is -0.339 e. The van der Waals surface area contributed by atoms with Crippen molar-refractivity contribution in [1.29, 1.82) is 0 Å². The summed E-state index contributed by atoms with van der Waals surface area (Å²) in [6, 6.07) is 0. The smallest absolute Gasteiger partial charge is 0.239 e. The fraction of sp³-hybridized carbons (Fsp3) is 0.857. The second kappa shape index (κ2) is 5.29. The van der Waals surface area contributed by atoms with Gasteiger partial charge in [0.1, 0.15) is 5.75 Å². The Balaban J connectivity index is 2.65. The maximum atomic E-state index is 11.6. The maximum absolute atomic E-state index is 11.6. The van der Waals surface area contributed by atoms with Crippen molar-refractivity contribution in [3.63, 3.8) is 0 Å². The van der Waals surface area contributed by atoms with Crippen molar-refractivity contribution >= 4 is 26.0 Å². The van der Waals surface area contributed by atoms with E-state index in [2.05, 4.69) is 4.72 Å². The zero-order chi connectivity index (χ0) is 13.1. The van der Waals surface area contributed by atoms with Crippen LogP contribution in [-0.4, -0.2) is 65.8 Å². The molecule has 100 valence electrons. The summed E-state index contributed by atoms with van der Waals surface area (Å²) in [6.45, 7) is 0.290. The minimum atomic E-state index is -3.62. The van der Waals surface area contributed by atoms with Crippen LogP contribution in [0.1, 0.15) is 0 Å². The summed E-state index contributed by atoms with van der Waals surface area (Å²) in [6.07, 6.45) is 0. The highest BCUT2D eigenvalue weighted by atomic mass is 32.2. The fourth-order valence-electron chi connectivity index (χ4n) is 1.33. The van der Waals surface area contributed by atoms with E-state index in [-0.39, 0.29) is 25.4 Å². The number of nitrogens with zero attached hydrogens (tertiary/aromatic N) is 1. The Bertz CT molecular complexity index is 484. The molecule has 17 heavy (non-hydrogen) atoms.